The van der Waals surface area contributed by atoms with Crippen molar-refractivity contribution in [3.05, 3.63) is 150 Å². The summed E-state index contributed by atoms with van der Waals surface area (Å²) in [6, 6.07) is 51.4. The Hall–Kier alpha value is -6.34. The van der Waals surface area contributed by atoms with Crippen LogP contribution in [0.2, 0.25) is 0 Å². The first-order valence-electron chi connectivity index (χ1n) is 22.2. The number of hydrogen-bond donors (Lipinski definition) is 0. The molecule has 3 nitrogen and oxygen atoms in total. The van der Waals surface area contributed by atoms with Crippen molar-refractivity contribution >= 4 is 136 Å². The summed E-state index contributed by atoms with van der Waals surface area (Å²) in [7, 11) is 0. The zero-order valence-electron chi connectivity index (χ0n) is 36.4. The first kappa shape index (κ1) is 36.2. The third kappa shape index (κ3) is 4.80. The molecule has 6 heteroatoms. The zero-order valence-corrected chi connectivity index (χ0v) is 38.0. The molecule has 0 saturated carbocycles. The van der Waals surface area contributed by atoms with E-state index >= 15 is 0 Å². The minimum atomic E-state index is -0.0812. The third-order valence-electron chi connectivity index (χ3n) is 14.4. The molecule has 0 aliphatic carbocycles. The lowest BCUT2D eigenvalue weighted by atomic mass is 9.43. The Kier molecular flexibility index (Phi) is 6.90. The second-order valence-electron chi connectivity index (χ2n) is 20.2. The number of furan rings is 1. The Balaban J connectivity index is 1.17. The van der Waals surface area contributed by atoms with E-state index in [1.54, 1.807) is 0 Å². The van der Waals surface area contributed by atoms with Gasteiger partial charge in [-0.15, -0.1) is 22.7 Å². The van der Waals surface area contributed by atoms with Crippen LogP contribution in [-0.4, -0.2) is 11.4 Å². The van der Waals surface area contributed by atoms with E-state index in [0.717, 1.165) is 21.9 Å². The van der Waals surface area contributed by atoms with Gasteiger partial charge in [-0.1, -0.05) is 108 Å². The molecule has 4 aromatic heterocycles. The van der Waals surface area contributed by atoms with Crippen LogP contribution >= 0.6 is 22.7 Å². The zero-order chi connectivity index (χ0) is 42.4. The molecule has 0 amide bonds. The fourth-order valence-electron chi connectivity index (χ4n) is 11.3. The van der Waals surface area contributed by atoms with Gasteiger partial charge in [0.05, 0.1) is 11.0 Å². The molecular weight excluding hydrogens is 804 g/mol. The minimum Gasteiger partial charge on any atom is -0.456 e. The molecule has 6 heterocycles. The number of benzene rings is 8. The number of thiophene rings is 2. The van der Waals surface area contributed by atoms with Crippen molar-refractivity contribution in [1.82, 2.24) is 4.57 Å². The van der Waals surface area contributed by atoms with Gasteiger partial charge in [-0.2, -0.15) is 0 Å². The van der Waals surface area contributed by atoms with Crippen LogP contribution in [0.25, 0.3) is 101 Å². The highest BCUT2D eigenvalue weighted by molar-refractivity contribution is 7.26. The molecular formula is C57H43BN2OS2. The van der Waals surface area contributed by atoms with Gasteiger partial charge in [0.2, 0.25) is 0 Å². The van der Waals surface area contributed by atoms with Crippen LogP contribution in [0, 0.1) is 6.92 Å². The summed E-state index contributed by atoms with van der Waals surface area (Å²) < 4.78 is 14.5. The Morgan fingerprint density at radius 3 is 1.98 bits per heavy atom. The van der Waals surface area contributed by atoms with Gasteiger partial charge in [0.1, 0.15) is 11.2 Å². The summed E-state index contributed by atoms with van der Waals surface area (Å²) in [4.78, 5) is 2.70. The van der Waals surface area contributed by atoms with E-state index in [2.05, 4.69) is 191 Å². The van der Waals surface area contributed by atoms with E-state index in [-0.39, 0.29) is 17.7 Å². The molecule has 2 aliphatic rings. The summed E-state index contributed by atoms with van der Waals surface area (Å²) in [5.74, 6) is 0. The summed E-state index contributed by atoms with van der Waals surface area (Å²) >= 11 is 3.83. The molecule has 0 fully saturated rings. The Morgan fingerprint density at radius 1 is 0.508 bits per heavy atom. The van der Waals surface area contributed by atoms with Crippen molar-refractivity contribution in [2.45, 2.75) is 59.3 Å². The highest BCUT2D eigenvalue weighted by Gasteiger charge is 2.45. The Morgan fingerprint density at radius 2 is 1.19 bits per heavy atom. The number of para-hydroxylation sites is 1. The van der Waals surface area contributed by atoms with E-state index in [1.165, 1.54) is 118 Å². The highest BCUT2D eigenvalue weighted by atomic mass is 32.1. The van der Waals surface area contributed by atoms with Crippen LogP contribution in [0.15, 0.2) is 138 Å². The Labute approximate surface area is 373 Å². The summed E-state index contributed by atoms with van der Waals surface area (Å²) in [6.45, 7) is 16.1. The minimum absolute atomic E-state index is 0.0373. The summed E-state index contributed by atoms with van der Waals surface area (Å²) in [5, 5.41) is 10.2. The van der Waals surface area contributed by atoms with Crippen LogP contribution < -0.4 is 15.7 Å². The first-order valence-corrected chi connectivity index (χ1v) is 23.8. The number of aromatic nitrogens is 1. The first-order chi connectivity index (χ1) is 30.4. The molecule has 0 spiro atoms. The number of fused-ring (bicyclic) bond motifs is 17. The number of nitrogens with zero attached hydrogens (tertiary/aromatic N) is 2. The van der Waals surface area contributed by atoms with Crippen molar-refractivity contribution in [2.75, 3.05) is 4.81 Å². The van der Waals surface area contributed by atoms with Gasteiger partial charge in [0.25, 0.3) is 0 Å². The molecule has 0 unspecified atom stereocenters. The maximum atomic E-state index is 6.61. The average Bonchev–Trinajstić information content (AvgIpc) is 4.02. The van der Waals surface area contributed by atoms with E-state index < -0.39 is 0 Å². The standard InChI is InChI=1S/C57H43BN2OS2/c1-30-22-41-36-28-51-40(38-23-32(57(5,6)7)18-21-50(38)63-51)26-45(36)60(33-19-16-31(17-20-33)56(2,3)4)58-43-24-39-35-13-9-11-15-49(35)62-52(39)29-46(43)59-44-25-37-34-12-8-10-14-47(34)61-48(37)27-42(44)53(30)55(59)54(41)58/h8-29H,1-7H3. The smallest absolute Gasteiger partial charge is 0.333 e. The molecule has 14 rings (SSSR count). The third-order valence-corrected chi connectivity index (χ3v) is 16.6. The van der Waals surface area contributed by atoms with Crippen LogP contribution in [-0.2, 0) is 10.8 Å². The van der Waals surface area contributed by atoms with Crippen LogP contribution in [0.5, 0.6) is 0 Å². The van der Waals surface area contributed by atoms with Crippen molar-refractivity contribution < 1.29 is 4.42 Å². The number of hydrogen-bond acceptors (Lipinski definition) is 4. The predicted molar refractivity (Wildman–Crippen MR) is 275 cm³/mol. The molecule has 302 valence electrons. The van der Waals surface area contributed by atoms with Gasteiger partial charge in [-0.05, 0) is 118 Å². The molecule has 0 radical (unpaired) electrons. The second kappa shape index (κ2) is 12.0. The van der Waals surface area contributed by atoms with Crippen LogP contribution in [0.1, 0.15) is 58.2 Å². The van der Waals surface area contributed by atoms with Crippen molar-refractivity contribution in [3.63, 3.8) is 0 Å². The molecule has 0 atom stereocenters. The molecule has 12 aromatic rings. The summed E-state index contributed by atoms with van der Waals surface area (Å²) in [6.07, 6.45) is 0. The second-order valence-corrected chi connectivity index (χ2v) is 22.3. The van der Waals surface area contributed by atoms with Gasteiger partial charge < -0.3 is 13.8 Å². The maximum absolute atomic E-state index is 6.61. The van der Waals surface area contributed by atoms with Crippen molar-refractivity contribution in [1.29, 1.82) is 0 Å². The van der Waals surface area contributed by atoms with E-state index in [1.807, 2.05) is 22.7 Å². The summed E-state index contributed by atoms with van der Waals surface area (Å²) in [5.41, 5.74) is 17.5. The molecule has 8 aromatic carbocycles. The number of aryl methyl sites for hydroxylation is 1. The molecule has 63 heavy (non-hydrogen) atoms. The van der Waals surface area contributed by atoms with Crippen LogP contribution in [0.4, 0.5) is 11.4 Å². The van der Waals surface area contributed by atoms with Gasteiger partial charge in [0, 0.05) is 84.5 Å². The van der Waals surface area contributed by atoms with E-state index in [4.69, 9.17) is 4.42 Å². The predicted octanol–water partition coefficient (Wildman–Crippen LogP) is 15.6. The monoisotopic (exact) mass is 846 g/mol. The van der Waals surface area contributed by atoms with Gasteiger partial charge in [-0.25, -0.2) is 0 Å². The van der Waals surface area contributed by atoms with E-state index in [9.17, 15) is 0 Å². The molecule has 0 saturated heterocycles. The van der Waals surface area contributed by atoms with Gasteiger partial charge >= 0.3 is 6.85 Å². The fourth-order valence-corrected chi connectivity index (χ4v) is 13.5. The lowest BCUT2D eigenvalue weighted by Gasteiger charge is -2.42. The maximum Gasteiger partial charge on any atom is 0.333 e. The van der Waals surface area contributed by atoms with E-state index in [0.29, 0.717) is 0 Å². The molecule has 0 bridgehead atoms. The van der Waals surface area contributed by atoms with Crippen molar-refractivity contribution in [2.24, 2.45) is 0 Å². The molecule has 0 N–H and O–H groups in total. The number of anilines is 2. The topological polar surface area (TPSA) is 21.3 Å². The lowest BCUT2D eigenvalue weighted by Crippen LogP contribution is -2.60. The lowest BCUT2D eigenvalue weighted by molar-refractivity contribution is 0.590. The molecule has 2 aliphatic heterocycles. The van der Waals surface area contributed by atoms with Gasteiger partial charge in [0.15, 0.2) is 0 Å². The SMILES string of the molecule is Cc1cc2c3c4c1c1cc5oc6ccccc6c5cc1n4-c1cc4sc5ccccc5c4cc1B3N(c1ccc(C(C)(C)C)cc1)c1cc3c(cc1-2)sc1ccc(C(C)(C)C)cc13. The Bertz CT molecular complexity index is 4010. The normalized spacial score (nSPS) is 13.9. The average molecular weight is 847 g/mol. The van der Waals surface area contributed by atoms with Crippen molar-refractivity contribution in [3.8, 4) is 16.8 Å². The fraction of sp³-hybridized carbons (Fsp3) is 0.158. The highest BCUT2D eigenvalue weighted by Crippen LogP contribution is 2.51. The largest absolute Gasteiger partial charge is 0.456 e. The quantitative estimate of drug-likeness (QED) is 0.154. The van der Waals surface area contributed by atoms with Crippen LogP contribution in [0.3, 0.4) is 0 Å². The number of rotatable bonds is 1. The van der Waals surface area contributed by atoms with Gasteiger partial charge in [-0.3, -0.25) is 0 Å².